The van der Waals surface area contributed by atoms with Crippen molar-refractivity contribution in [2.24, 2.45) is 0 Å². The van der Waals surface area contributed by atoms with Crippen molar-refractivity contribution in [1.82, 2.24) is 19.6 Å². The normalized spacial score (nSPS) is 11.1. The zero-order valence-corrected chi connectivity index (χ0v) is 11.3. The van der Waals surface area contributed by atoms with Gasteiger partial charge in [0.25, 0.3) is 0 Å². The highest BCUT2D eigenvalue weighted by Gasteiger charge is 2.13. The van der Waals surface area contributed by atoms with E-state index in [1.807, 2.05) is 30.4 Å². The van der Waals surface area contributed by atoms with Gasteiger partial charge < -0.3 is 5.73 Å². The fourth-order valence-corrected chi connectivity index (χ4v) is 2.33. The fraction of sp³-hybridized carbons (Fsp3) is 0.154. The summed E-state index contributed by atoms with van der Waals surface area (Å²) in [6, 6.07) is 7.21. The van der Waals surface area contributed by atoms with E-state index in [-0.39, 0.29) is 0 Å². The maximum Gasteiger partial charge on any atom is 0.171 e. The average molecular weight is 274 g/mol. The van der Waals surface area contributed by atoms with Crippen molar-refractivity contribution in [2.45, 2.75) is 13.8 Å². The number of nitrogen functional groups attached to an aromatic ring is 1. The van der Waals surface area contributed by atoms with E-state index in [9.17, 15) is 0 Å². The van der Waals surface area contributed by atoms with Crippen molar-refractivity contribution in [1.29, 1.82) is 0 Å². The molecule has 0 bridgehead atoms. The molecule has 0 saturated carbocycles. The van der Waals surface area contributed by atoms with Gasteiger partial charge in [-0.25, -0.2) is 4.98 Å². The third-order valence-corrected chi connectivity index (χ3v) is 3.18. The van der Waals surface area contributed by atoms with E-state index in [4.69, 9.17) is 17.3 Å². The standard InChI is InChI=1S/C13H12ClN5/c1-7-5-12-17-18-13(19(12)8(2)16-7)10-4-3-9(14)6-11(10)15/h3-6H,15H2,1-2H3. The number of hydrogen-bond acceptors (Lipinski definition) is 4. The number of nitrogens with two attached hydrogens (primary N) is 1. The second-order valence-electron chi connectivity index (χ2n) is 4.39. The first kappa shape index (κ1) is 11.9. The van der Waals surface area contributed by atoms with E-state index >= 15 is 0 Å². The lowest BCUT2D eigenvalue weighted by atomic mass is 10.1. The number of anilines is 1. The Bertz CT molecular complexity index is 778. The molecule has 2 N–H and O–H groups in total. The maximum absolute atomic E-state index is 6.00. The smallest absolute Gasteiger partial charge is 0.171 e. The molecule has 2 heterocycles. The third-order valence-electron chi connectivity index (χ3n) is 2.94. The number of rotatable bonds is 1. The van der Waals surface area contributed by atoms with Gasteiger partial charge in [0.1, 0.15) is 5.82 Å². The SMILES string of the molecule is Cc1cc2nnc(-c3ccc(Cl)cc3N)n2c(C)n1. The molecular formula is C13H12ClN5. The van der Waals surface area contributed by atoms with Crippen LogP contribution in [0.1, 0.15) is 11.5 Å². The highest BCUT2D eigenvalue weighted by molar-refractivity contribution is 6.31. The van der Waals surface area contributed by atoms with Gasteiger partial charge >= 0.3 is 0 Å². The molecule has 96 valence electrons. The van der Waals surface area contributed by atoms with Crippen LogP contribution in [0, 0.1) is 13.8 Å². The van der Waals surface area contributed by atoms with Gasteiger partial charge in [0.05, 0.1) is 0 Å². The Morgan fingerprint density at radius 3 is 2.68 bits per heavy atom. The zero-order chi connectivity index (χ0) is 13.6. The van der Waals surface area contributed by atoms with Crippen LogP contribution in [0.4, 0.5) is 5.69 Å². The molecule has 2 aromatic heterocycles. The highest BCUT2D eigenvalue weighted by atomic mass is 35.5. The Labute approximate surface area is 115 Å². The van der Waals surface area contributed by atoms with Crippen molar-refractivity contribution in [3.63, 3.8) is 0 Å². The summed E-state index contributed by atoms with van der Waals surface area (Å²) in [5, 5.41) is 8.97. The van der Waals surface area contributed by atoms with Gasteiger partial charge in [-0.15, -0.1) is 10.2 Å². The van der Waals surface area contributed by atoms with Crippen LogP contribution < -0.4 is 5.73 Å². The maximum atomic E-state index is 6.00. The summed E-state index contributed by atoms with van der Waals surface area (Å²) < 4.78 is 1.88. The van der Waals surface area contributed by atoms with Gasteiger partial charge in [-0.3, -0.25) is 4.40 Å². The molecule has 19 heavy (non-hydrogen) atoms. The van der Waals surface area contributed by atoms with E-state index in [2.05, 4.69) is 15.2 Å². The molecule has 3 rings (SSSR count). The molecule has 0 saturated heterocycles. The van der Waals surface area contributed by atoms with Crippen LogP contribution in [0.25, 0.3) is 17.0 Å². The van der Waals surface area contributed by atoms with Crippen LogP contribution >= 0.6 is 11.6 Å². The number of benzene rings is 1. The summed E-state index contributed by atoms with van der Waals surface area (Å²) in [6.07, 6.45) is 0. The number of fused-ring (bicyclic) bond motifs is 1. The van der Waals surface area contributed by atoms with Crippen LogP contribution in [0.5, 0.6) is 0 Å². The molecule has 0 aliphatic heterocycles. The first-order chi connectivity index (χ1) is 9.06. The van der Waals surface area contributed by atoms with Crippen LogP contribution in [-0.4, -0.2) is 19.6 Å². The summed E-state index contributed by atoms with van der Waals surface area (Å²) >= 11 is 5.91. The Balaban J connectivity index is 2.31. The molecule has 3 aromatic rings. The van der Waals surface area contributed by atoms with E-state index in [1.165, 1.54) is 0 Å². The second-order valence-corrected chi connectivity index (χ2v) is 4.83. The minimum atomic E-state index is 0.571. The molecule has 1 aromatic carbocycles. The summed E-state index contributed by atoms with van der Waals surface area (Å²) in [7, 11) is 0. The minimum absolute atomic E-state index is 0.571. The monoisotopic (exact) mass is 273 g/mol. The average Bonchev–Trinajstić information content (AvgIpc) is 2.72. The summed E-state index contributed by atoms with van der Waals surface area (Å²) in [4.78, 5) is 4.42. The number of aromatic nitrogens is 4. The van der Waals surface area contributed by atoms with Gasteiger partial charge in [-0.05, 0) is 32.0 Å². The Morgan fingerprint density at radius 2 is 1.95 bits per heavy atom. The molecule has 0 radical (unpaired) electrons. The third kappa shape index (κ3) is 1.92. The largest absolute Gasteiger partial charge is 0.398 e. The number of halogens is 1. The number of hydrogen-bond donors (Lipinski definition) is 1. The molecule has 0 unspecified atom stereocenters. The molecule has 0 aliphatic carbocycles. The Hall–Kier alpha value is -2.14. The van der Waals surface area contributed by atoms with E-state index in [1.54, 1.807) is 12.1 Å². The van der Waals surface area contributed by atoms with Crippen molar-refractivity contribution in [2.75, 3.05) is 5.73 Å². The lowest BCUT2D eigenvalue weighted by molar-refractivity contribution is 0.962. The summed E-state index contributed by atoms with van der Waals surface area (Å²) in [5.74, 6) is 1.50. The number of aryl methyl sites for hydroxylation is 2. The van der Waals surface area contributed by atoms with Crippen molar-refractivity contribution in [3.05, 3.63) is 40.8 Å². The van der Waals surface area contributed by atoms with Crippen molar-refractivity contribution < 1.29 is 0 Å². The molecular weight excluding hydrogens is 262 g/mol. The molecule has 0 fully saturated rings. The van der Waals surface area contributed by atoms with Crippen LogP contribution in [-0.2, 0) is 0 Å². The molecule has 0 amide bonds. The lowest BCUT2D eigenvalue weighted by Gasteiger charge is -2.06. The van der Waals surface area contributed by atoms with Crippen LogP contribution in [0.3, 0.4) is 0 Å². The fourth-order valence-electron chi connectivity index (χ4n) is 2.14. The second kappa shape index (κ2) is 4.20. The molecule has 5 nitrogen and oxygen atoms in total. The molecule has 6 heteroatoms. The highest BCUT2D eigenvalue weighted by Crippen LogP contribution is 2.27. The van der Waals surface area contributed by atoms with Gasteiger partial charge in [0, 0.05) is 28.0 Å². The Morgan fingerprint density at radius 1 is 1.16 bits per heavy atom. The lowest BCUT2D eigenvalue weighted by Crippen LogP contribution is -2.00. The van der Waals surface area contributed by atoms with Crippen LogP contribution in [0.15, 0.2) is 24.3 Å². The Kier molecular flexibility index (Phi) is 2.64. The van der Waals surface area contributed by atoms with Crippen molar-refractivity contribution in [3.8, 4) is 11.4 Å². The molecule has 0 aliphatic rings. The quantitative estimate of drug-likeness (QED) is 0.692. The van der Waals surface area contributed by atoms with E-state index in [0.717, 1.165) is 22.7 Å². The van der Waals surface area contributed by atoms with E-state index in [0.29, 0.717) is 16.5 Å². The molecule has 0 spiro atoms. The zero-order valence-electron chi connectivity index (χ0n) is 10.6. The van der Waals surface area contributed by atoms with Gasteiger partial charge in [0.2, 0.25) is 0 Å². The van der Waals surface area contributed by atoms with Gasteiger partial charge in [-0.1, -0.05) is 11.6 Å². The minimum Gasteiger partial charge on any atom is -0.398 e. The van der Waals surface area contributed by atoms with Gasteiger partial charge in [0.15, 0.2) is 11.5 Å². The van der Waals surface area contributed by atoms with Gasteiger partial charge in [-0.2, -0.15) is 0 Å². The summed E-state index contributed by atoms with van der Waals surface area (Å²) in [5.41, 5.74) is 9.03. The number of nitrogens with zero attached hydrogens (tertiary/aromatic N) is 4. The topological polar surface area (TPSA) is 69.1 Å². The van der Waals surface area contributed by atoms with E-state index < -0.39 is 0 Å². The first-order valence-corrected chi connectivity index (χ1v) is 6.19. The predicted molar refractivity (Wildman–Crippen MR) is 75.1 cm³/mol. The predicted octanol–water partition coefficient (Wildman–Crippen LogP) is 2.64. The van der Waals surface area contributed by atoms with Crippen molar-refractivity contribution >= 4 is 22.9 Å². The summed E-state index contributed by atoms with van der Waals surface area (Å²) in [6.45, 7) is 3.84. The first-order valence-electron chi connectivity index (χ1n) is 5.81. The van der Waals surface area contributed by atoms with Crippen LogP contribution in [0.2, 0.25) is 5.02 Å². The molecule has 0 atom stereocenters.